The summed E-state index contributed by atoms with van der Waals surface area (Å²) in [6.07, 6.45) is 2.52. The molecule has 12 heteroatoms. The normalized spacial score (nSPS) is 15.1. The Bertz CT molecular complexity index is 1120. The predicted molar refractivity (Wildman–Crippen MR) is 128 cm³/mol. The van der Waals surface area contributed by atoms with Gasteiger partial charge in [0.15, 0.2) is 23.1 Å². The molecule has 0 bridgehead atoms. The molecule has 2 atom stereocenters. The van der Waals surface area contributed by atoms with Crippen molar-refractivity contribution in [1.29, 1.82) is 0 Å². The highest BCUT2D eigenvalue weighted by Gasteiger charge is 2.28. The Kier molecular flexibility index (Phi) is 9.48. The van der Waals surface area contributed by atoms with Crippen LogP contribution in [0, 0.1) is 17.6 Å². The van der Waals surface area contributed by atoms with Gasteiger partial charge in [0, 0.05) is 19.0 Å². The molecule has 0 aliphatic carbocycles. The van der Waals surface area contributed by atoms with E-state index in [1.54, 1.807) is 5.01 Å². The highest BCUT2D eigenvalue weighted by atomic mass is 19.1. The number of hydrogen-bond donors (Lipinski definition) is 3. The number of amidine groups is 1. The van der Waals surface area contributed by atoms with Crippen LogP contribution in [0.4, 0.5) is 8.78 Å². The van der Waals surface area contributed by atoms with Crippen LogP contribution in [0.25, 0.3) is 0 Å². The number of carbonyl (C=O) groups is 1. The van der Waals surface area contributed by atoms with Crippen LogP contribution >= 0.6 is 0 Å². The zero-order valence-corrected chi connectivity index (χ0v) is 20.2. The molecular formula is C24H31F2N5O5. The van der Waals surface area contributed by atoms with Crippen LogP contribution in [0.2, 0.25) is 0 Å². The number of rotatable bonds is 11. The van der Waals surface area contributed by atoms with Crippen molar-refractivity contribution in [2.24, 2.45) is 11.0 Å². The maximum absolute atomic E-state index is 13.9. The second-order valence-corrected chi connectivity index (χ2v) is 8.60. The van der Waals surface area contributed by atoms with Gasteiger partial charge in [-0.25, -0.2) is 13.5 Å². The largest absolute Gasteiger partial charge is 0.449 e. The van der Waals surface area contributed by atoms with Crippen molar-refractivity contribution in [3.63, 3.8) is 0 Å². The fraction of sp³-hybridized carbons (Fsp3) is 0.500. The highest BCUT2D eigenvalue weighted by Crippen LogP contribution is 2.27. The number of nitrogens with zero attached hydrogens (tertiary/aromatic N) is 4. The van der Waals surface area contributed by atoms with Gasteiger partial charge in [0.25, 0.3) is 5.56 Å². The molecule has 0 saturated heterocycles. The van der Waals surface area contributed by atoms with E-state index >= 15 is 0 Å². The molecule has 1 amide bonds. The van der Waals surface area contributed by atoms with Gasteiger partial charge in [0.1, 0.15) is 11.9 Å². The van der Waals surface area contributed by atoms with Crippen molar-refractivity contribution >= 4 is 11.7 Å². The van der Waals surface area contributed by atoms with Gasteiger partial charge in [-0.05, 0) is 24.5 Å². The fourth-order valence-electron chi connectivity index (χ4n) is 3.90. The summed E-state index contributed by atoms with van der Waals surface area (Å²) in [5.74, 6) is -2.64. The van der Waals surface area contributed by atoms with Gasteiger partial charge in [-0.1, -0.05) is 32.8 Å². The Hall–Kier alpha value is -3.38. The van der Waals surface area contributed by atoms with E-state index in [9.17, 15) is 23.5 Å². The molecule has 3 rings (SSSR count). The lowest BCUT2D eigenvalue weighted by Gasteiger charge is -2.22. The lowest BCUT2D eigenvalue weighted by atomic mass is 9.94. The van der Waals surface area contributed by atoms with Crippen LogP contribution < -0.4 is 15.6 Å². The average Bonchev–Trinajstić information content (AvgIpc) is 3.29. The number of aliphatic hydroxyl groups is 2. The highest BCUT2D eigenvalue weighted by molar-refractivity contribution is 6.00. The third-order valence-corrected chi connectivity index (χ3v) is 6.02. The molecule has 1 aromatic heterocycles. The van der Waals surface area contributed by atoms with Crippen LogP contribution in [0.3, 0.4) is 0 Å². The molecular weight excluding hydrogens is 476 g/mol. The zero-order valence-electron chi connectivity index (χ0n) is 20.2. The number of benzene rings is 1. The first-order valence-electron chi connectivity index (χ1n) is 11.9. The predicted octanol–water partition coefficient (Wildman–Crippen LogP) is 2.17. The Morgan fingerprint density at radius 1 is 1.25 bits per heavy atom. The smallest absolute Gasteiger partial charge is 0.271 e. The summed E-state index contributed by atoms with van der Waals surface area (Å²) in [5.41, 5.74) is -0.670. The Balaban J connectivity index is 1.82. The number of aliphatic hydroxyl groups excluding tert-OH is 2. The molecule has 1 aliphatic rings. The van der Waals surface area contributed by atoms with E-state index in [1.807, 2.05) is 13.8 Å². The number of para-hydroxylation sites is 1. The summed E-state index contributed by atoms with van der Waals surface area (Å²) in [7, 11) is 0. The molecule has 0 radical (unpaired) electrons. The van der Waals surface area contributed by atoms with E-state index < -0.39 is 47.6 Å². The topological polar surface area (TPSA) is 129 Å². The Morgan fingerprint density at radius 3 is 2.56 bits per heavy atom. The molecule has 0 spiro atoms. The van der Waals surface area contributed by atoms with Crippen LogP contribution in [-0.4, -0.2) is 62.5 Å². The molecule has 10 nitrogen and oxygen atoms in total. The molecule has 1 unspecified atom stereocenters. The van der Waals surface area contributed by atoms with E-state index in [2.05, 4.69) is 15.5 Å². The third-order valence-electron chi connectivity index (χ3n) is 6.02. The van der Waals surface area contributed by atoms with Crippen molar-refractivity contribution in [2.45, 2.75) is 51.7 Å². The van der Waals surface area contributed by atoms with Crippen LogP contribution in [0.5, 0.6) is 11.5 Å². The van der Waals surface area contributed by atoms with Crippen molar-refractivity contribution in [3.05, 3.63) is 52.5 Å². The maximum atomic E-state index is 13.9. The van der Waals surface area contributed by atoms with Crippen LogP contribution in [0.15, 0.2) is 40.4 Å². The quantitative estimate of drug-likeness (QED) is 0.425. The van der Waals surface area contributed by atoms with Crippen LogP contribution in [0.1, 0.15) is 45.6 Å². The zero-order chi connectivity index (χ0) is 26.2. The number of halogens is 2. The third kappa shape index (κ3) is 6.85. The van der Waals surface area contributed by atoms with Crippen molar-refractivity contribution in [3.8, 4) is 11.5 Å². The molecule has 1 aliphatic heterocycles. The van der Waals surface area contributed by atoms with Gasteiger partial charge in [0.2, 0.25) is 5.91 Å². The summed E-state index contributed by atoms with van der Waals surface area (Å²) >= 11 is 0. The number of nitrogens with one attached hydrogen (secondary N) is 1. The number of hydrazone groups is 1. The molecule has 0 saturated carbocycles. The second-order valence-electron chi connectivity index (χ2n) is 8.60. The summed E-state index contributed by atoms with van der Waals surface area (Å²) in [5, 5.41) is 31.2. The second kappa shape index (κ2) is 12.5. The Morgan fingerprint density at radius 2 is 1.94 bits per heavy atom. The first-order chi connectivity index (χ1) is 17.2. The minimum absolute atomic E-state index is 0.123. The van der Waals surface area contributed by atoms with Gasteiger partial charge < -0.3 is 20.3 Å². The van der Waals surface area contributed by atoms with E-state index in [-0.39, 0.29) is 18.2 Å². The maximum Gasteiger partial charge on any atom is 0.271 e. The first kappa shape index (κ1) is 27.2. The van der Waals surface area contributed by atoms with E-state index in [0.29, 0.717) is 25.2 Å². The number of β-amino-alcohol motifs (C(OH)–C–C–N with tert-alkyl or cyclic N) is 1. The number of ether oxygens (including phenoxy) is 1. The van der Waals surface area contributed by atoms with E-state index in [0.717, 1.165) is 41.9 Å². The van der Waals surface area contributed by atoms with Crippen molar-refractivity contribution in [1.82, 2.24) is 20.1 Å². The summed E-state index contributed by atoms with van der Waals surface area (Å²) in [6, 6.07) is 3.32. The van der Waals surface area contributed by atoms with Gasteiger partial charge >= 0.3 is 0 Å². The number of aromatic nitrogens is 2. The molecule has 196 valence electrons. The van der Waals surface area contributed by atoms with Gasteiger partial charge in [-0.3, -0.25) is 14.6 Å². The summed E-state index contributed by atoms with van der Waals surface area (Å²) in [4.78, 5) is 26.2. The minimum Gasteiger partial charge on any atom is -0.449 e. The van der Waals surface area contributed by atoms with E-state index in [1.165, 1.54) is 6.07 Å². The Labute approximate surface area is 207 Å². The minimum atomic E-state index is -0.957. The fourth-order valence-corrected chi connectivity index (χ4v) is 3.90. The lowest BCUT2D eigenvalue weighted by Crippen LogP contribution is -2.41. The summed E-state index contributed by atoms with van der Waals surface area (Å²) in [6.45, 7) is 4.16. The van der Waals surface area contributed by atoms with Gasteiger partial charge in [0.05, 0.1) is 25.5 Å². The monoisotopic (exact) mass is 507 g/mol. The summed E-state index contributed by atoms with van der Waals surface area (Å²) < 4.78 is 34.1. The number of amides is 1. The SMILES string of the molecule is CCC(CC)CC(C(=O)NC1=NN(C[C@@H](O)CO)CC1)n1ncc(Oc2c(F)cccc2F)cc1=O. The molecule has 0 fully saturated rings. The molecule has 36 heavy (non-hydrogen) atoms. The average molecular weight is 508 g/mol. The molecule has 1 aromatic carbocycles. The lowest BCUT2D eigenvalue weighted by molar-refractivity contribution is -0.123. The first-order valence-corrected chi connectivity index (χ1v) is 11.9. The van der Waals surface area contributed by atoms with Crippen molar-refractivity contribution in [2.75, 3.05) is 19.7 Å². The molecule has 2 aromatic rings. The standard InChI is InChI=1S/C24H31F2N5O5/c1-3-15(4-2)10-20(24(35)28-21-8-9-30(29-21)13-16(33)14-32)31-22(34)11-17(12-27-31)36-23-18(25)6-5-7-19(23)26/h5-7,11-12,15-16,20,32-33H,3-4,8-10,13-14H2,1-2H3,(H,28,29,35)/t16-,20?/m1/s1. The molecule has 3 N–H and O–H groups in total. The van der Waals surface area contributed by atoms with Crippen molar-refractivity contribution < 1.29 is 28.5 Å². The number of carbonyl (C=O) groups excluding carboxylic acids is 1. The van der Waals surface area contributed by atoms with Crippen LogP contribution in [-0.2, 0) is 4.79 Å². The van der Waals surface area contributed by atoms with E-state index in [4.69, 9.17) is 9.84 Å². The molecule has 2 heterocycles. The van der Waals surface area contributed by atoms with Gasteiger partial charge in [-0.15, -0.1) is 0 Å². The van der Waals surface area contributed by atoms with Gasteiger partial charge in [-0.2, -0.15) is 10.2 Å². The number of hydrogen-bond acceptors (Lipinski definition) is 8.